The van der Waals surface area contributed by atoms with Crippen molar-refractivity contribution >= 4 is 5.91 Å². The lowest BCUT2D eigenvalue weighted by Crippen LogP contribution is -2.34. The lowest BCUT2D eigenvalue weighted by Gasteiger charge is -2.25. The van der Waals surface area contributed by atoms with Gasteiger partial charge in [-0.3, -0.25) is 4.79 Å². The minimum absolute atomic E-state index is 0.183. The standard InChI is InChI=1S/C18H28FNO/c1-13(2)8-10-20(11-9-14(3)4)18(21)16-12-15(5)6-7-17(16)19/h6-7,12-14H,8-11H2,1-5H3. The third-order valence-electron chi connectivity index (χ3n) is 3.59. The van der Waals surface area contributed by atoms with Crippen molar-refractivity contribution < 1.29 is 9.18 Å². The first-order chi connectivity index (χ1) is 9.81. The van der Waals surface area contributed by atoms with Crippen LogP contribution in [-0.2, 0) is 0 Å². The van der Waals surface area contributed by atoms with E-state index in [4.69, 9.17) is 0 Å². The van der Waals surface area contributed by atoms with Crippen LogP contribution in [-0.4, -0.2) is 23.9 Å². The van der Waals surface area contributed by atoms with E-state index in [1.165, 1.54) is 6.07 Å². The average Bonchev–Trinajstić information content (AvgIpc) is 2.40. The molecule has 0 heterocycles. The van der Waals surface area contributed by atoms with E-state index < -0.39 is 5.82 Å². The molecule has 1 amide bonds. The van der Waals surface area contributed by atoms with Crippen molar-refractivity contribution in [2.24, 2.45) is 11.8 Å². The van der Waals surface area contributed by atoms with Crippen LogP contribution in [0.25, 0.3) is 0 Å². The Morgan fingerprint density at radius 3 is 2.10 bits per heavy atom. The number of amides is 1. The molecule has 0 aliphatic heterocycles. The Kier molecular flexibility index (Phi) is 6.86. The summed E-state index contributed by atoms with van der Waals surface area (Å²) in [6.45, 7) is 11.8. The van der Waals surface area contributed by atoms with Crippen molar-refractivity contribution in [2.45, 2.75) is 47.5 Å². The summed E-state index contributed by atoms with van der Waals surface area (Å²) < 4.78 is 13.9. The second-order valence-corrected chi connectivity index (χ2v) is 6.64. The van der Waals surface area contributed by atoms with Gasteiger partial charge in [0.25, 0.3) is 5.91 Å². The molecule has 0 bridgehead atoms. The molecule has 0 fully saturated rings. The van der Waals surface area contributed by atoms with Gasteiger partial charge in [-0.25, -0.2) is 4.39 Å². The molecule has 0 spiro atoms. The summed E-state index contributed by atoms with van der Waals surface area (Å²) >= 11 is 0. The highest BCUT2D eigenvalue weighted by atomic mass is 19.1. The summed E-state index contributed by atoms with van der Waals surface area (Å²) in [5, 5.41) is 0. The van der Waals surface area contributed by atoms with Gasteiger partial charge in [0.1, 0.15) is 5.82 Å². The molecule has 3 heteroatoms. The third kappa shape index (κ3) is 5.86. The molecule has 0 saturated heterocycles. The number of halogens is 1. The molecule has 1 rings (SSSR count). The van der Waals surface area contributed by atoms with E-state index in [1.807, 2.05) is 6.92 Å². The summed E-state index contributed by atoms with van der Waals surface area (Å²) in [5.74, 6) is 0.450. The van der Waals surface area contributed by atoms with Gasteiger partial charge in [-0.2, -0.15) is 0 Å². The van der Waals surface area contributed by atoms with Gasteiger partial charge in [-0.1, -0.05) is 39.3 Å². The average molecular weight is 293 g/mol. The van der Waals surface area contributed by atoms with E-state index in [0.717, 1.165) is 18.4 Å². The van der Waals surface area contributed by atoms with Gasteiger partial charge in [-0.15, -0.1) is 0 Å². The Hall–Kier alpha value is -1.38. The van der Waals surface area contributed by atoms with Crippen molar-refractivity contribution in [3.8, 4) is 0 Å². The summed E-state index contributed by atoms with van der Waals surface area (Å²) in [6, 6.07) is 4.72. The Morgan fingerprint density at radius 1 is 1.10 bits per heavy atom. The number of hydrogen-bond donors (Lipinski definition) is 0. The van der Waals surface area contributed by atoms with Crippen LogP contribution in [0, 0.1) is 24.6 Å². The zero-order valence-corrected chi connectivity index (χ0v) is 13.9. The fourth-order valence-electron chi connectivity index (χ4n) is 2.12. The fourth-order valence-corrected chi connectivity index (χ4v) is 2.12. The molecule has 0 aromatic heterocycles. The van der Waals surface area contributed by atoms with Gasteiger partial charge >= 0.3 is 0 Å². The highest BCUT2D eigenvalue weighted by Gasteiger charge is 2.19. The molecular formula is C18H28FNO. The van der Waals surface area contributed by atoms with Gasteiger partial charge in [-0.05, 0) is 43.7 Å². The largest absolute Gasteiger partial charge is 0.339 e. The van der Waals surface area contributed by atoms with Gasteiger partial charge in [0.15, 0.2) is 0 Å². The normalized spacial score (nSPS) is 11.2. The van der Waals surface area contributed by atoms with E-state index in [0.29, 0.717) is 24.9 Å². The van der Waals surface area contributed by atoms with Gasteiger partial charge in [0.2, 0.25) is 0 Å². The molecule has 0 atom stereocenters. The minimum atomic E-state index is -0.426. The van der Waals surface area contributed by atoms with Crippen molar-refractivity contribution in [2.75, 3.05) is 13.1 Å². The van der Waals surface area contributed by atoms with Crippen LogP contribution in [0.15, 0.2) is 18.2 Å². The van der Waals surface area contributed by atoms with E-state index in [9.17, 15) is 9.18 Å². The van der Waals surface area contributed by atoms with E-state index in [1.54, 1.807) is 17.0 Å². The maximum absolute atomic E-state index is 13.9. The Balaban J connectivity index is 2.89. The maximum atomic E-state index is 13.9. The quantitative estimate of drug-likeness (QED) is 0.715. The number of rotatable bonds is 7. The Morgan fingerprint density at radius 2 is 1.62 bits per heavy atom. The van der Waals surface area contributed by atoms with Crippen molar-refractivity contribution in [3.63, 3.8) is 0 Å². The molecule has 0 N–H and O–H groups in total. The summed E-state index contributed by atoms with van der Waals surface area (Å²) in [7, 11) is 0. The number of aryl methyl sites for hydroxylation is 1. The Bertz CT molecular complexity index is 456. The monoisotopic (exact) mass is 293 g/mol. The highest BCUT2D eigenvalue weighted by Crippen LogP contribution is 2.15. The fraction of sp³-hybridized carbons (Fsp3) is 0.611. The Labute approximate surface area is 128 Å². The molecule has 0 saturated carbocycles. The van der Waals surface area contributed by atoms with E-state index in [-0.39, 0.29) is 11.5 Å². The molecule has 2 nitrogen and oxygen atoms in total. The van der Waals surface area contributed by atoms with E-state index >= 15 is 0 Å². The summed E-state index contributed by atoms with van der Waals surface area (Å²) in [6.07, 6.45) is 1.88. The van der Waals surface area contributed by atoms with Crippen LogP contribution in [0.4, 0.5) is 4.39 Å². The van der Waals surface area contributed by atoms with Crippen LogP contribution in [0.5, 0.6) is 0 Å². The van der Waals surface area contributed by atoms with Gasteiger partial charge in [0, 0.05) is 13.1 Å². The predicted octanol–water partition coefficient (Wildman–Crippen LogP) is 4.67. The van der Waals surface area contributed by atoms with Gasteiger partial charge in [0.05, 0.1) is 5.56 Å². The first kappa shape index (κ1) is 17.7. The number of benzene rings is 1. The number of nitrogens with zero attached hydrogens (tertiary/aromatic N) is 1. The molecule has 1 aromatic rings. The van der Waals surface area contributed by atoms with Crippen LogP contribution in [0.3, 0.4) is 0 Å². The summed E-state index contributed by atoms with van der Waals surface area (Å²) in [4.78, 5) is 14.4. The molecule has 0 aliphatic rings. The molecular weight excluding hydrogens is 265 g/mol. The van der Waals surface area contributed by atoms with Crippen LogP contribution < -0.4 is 0 Å². The molecule has 0 radical (unpaired) electrons. The SMILES string of the molecule is Cc1ccc(F)c(C(=O)N(CCC(C)C)CCC(C)C)c1. The minimum Gasteiger partial charge on any atom is -0.339 e. The van der Waals surface area contributed by atoms with Crippen molar-refractivity contribution in [1.82, 2.24) is 4.90 Å². The zero-order chi connectivity index (χ0) is 16.0. The van der Waals surface area contributed by atoms with E-state index in [2.05, 4.69) is 27.7 Å². The molecule has 0 aliphatic carbocycles. The van der Waals surface area contributed by atoms with Crippen molar-refractivity contribution in [3.05, 3.63) is 35.1 Å². The lowest BCUT2D eigenvalue weighted by atomic mass is 10.1. The molecule has 21 heavy (non-hydrogen) atoms. The summed E-state index contributed by atoms with van der Waals surface area (Å²) in [5.41, 5.74) is 1.11. The predicted molar refractivity (Wildman–Crippen MR) is 86.0 cm³/mol. The van der Waals surface area contributed by atoms with Gasteiger partial charge < -0.3 is 4.90 Å². The molecule has 0 unspecified atom stereocenters. The number of carbonyl (C=O) groups excluding carboxylic acids is 1. The second-order valence-electron chi connectivity index (χ2n) is 6.64. The number of carbonyl (C=O) groups is 1. The molecule has 118 valence electrons. The zero-order valence-electron chi connectivity index (χ0n) is 13.9. The van der Waals surface area contributed by atoms with Crippen LogP contribution >= 0.6 is 0 Å². The lowest BCUT2D eigenvalue weighted by molar-refractivity contribution is 0.0736. The van der Waals surface area contributed by atoms with Crippen LogP contribution in [0.1, 0.15) is 56.5 Å². The first-order valence-electron chi connectivity index (χ1n) is 7.86. The van der Waals surface area contributed by atoms with Crippen LogP contribution in [0.2, 0.25) is 0 Å². The second kappa shape index (κ2) is 8.16. The highest BCUT2D eigenvalue weighted by molar-refractivity contribution is 5.94. The first-order valence-corrected chi connectivity index (χ1v) is 7.86. The topological polar surface area (TPSA) is 20.3 Å². The van der Waals surface area contributed by atoms with Crippen molar-refractivity contribution in [1.29, 1.82) is 0 Å². The maximum Gasteiger partial charge on any atom is 0.256 e. The smallest absolute Gasteiger partial charge is 0.256 e. The number of hydrogen-bond acceptors (Lipinski definition) is 1. The third-order valence-corrected chi connectivity index (χ3v) is 3.59. The molecule has 1 aromatic carbocycles.